The van der Waals surface area contributed by atoms with Crippen LogP contribution in [0.15, 0.2) is 18.2 Å². The van der Waals surface area contributed by atoms with Crippen LogP contribution < -0.4 is 0 Å². The van der Waals surface area contributed by atoms with Crippen molar-refractivity contribution in [3.63, 3.8) is 0 Å². The highest BCUT2D eigenvalue weighted by molar-refractivity contribution is 7.91. The van der Waals surface area contributed by atoms with Gasteiger partial charge in [0, 0.05) is 6.42 Å². The fourth-order valence-corrected chi connectivity index (χ4v) is 2.96. The van der Waals surface area contributed by atoms with E-state index in [2.05, 4.69) is 0 Å². The Kier molecular flexibility index (Phi) is 4.79. The van der Waals surface area contributed by atoms with E-state index in [1.54, 1.807) is 0 Å². The SMILES string of the molecule is C[C@@H](c1ccc(F)c(F)c1)S(=O)(=O)CCCC#N. The maximum Gasteiger partial charge on any atom is 0.159 e. The zero-order valence-electron chi connectivity index (χ0n) is 9.86. The largest absolute Gasteiger partial charge is 0.228 e. The molecule has 1 aromatic rings. The number of hydrogen-bond donors (Lipinski definition) is 0. The highest BCUT2D eigenvalue weighted by atomic mass is 32.2. The maximum atomic E-state index is 13.0. The fraction of sp³-hybridized carbons (Fsp3) is 0.417. The first kappa shape index (κ1) is 14.6. The molecule has 0 aliphatic rings. The van der Waals surface area contributed by atoms with Crippen molar-refractivity contribution in [3.05, 3.63) is 35.4 Å². The first-order chi connectivity index (χ1) is 8.38. The monoisotopic (exact) mass is 273 g/mol. The molecule has 0 amide bonds. The zero-order valence-corrected chi connectivity index (χ0v) is 10.7. The van der Waals surface area contributed by atoms with Crippen molar-refractivity contribution in [2.75, 3.05) is 5.75 Å². The van der Waals surface area contributed by atoms with Crippen molar-refractivity contribution in [3.8, 4) is 6.07 Å². The quantitative estimate of drug-likeness (QED) is 0.775. The molecule has 98 valence electrons. The van der Waals surface area contributed by atoms with Crippen molar-refractivity contribution in [2.24, 2.45) is 0 Å². The van der Waals surface area contributed by atoms with Crippen LogP contribution in [0.5, 0.6) is 0 Å². The number of halogens is 2. The summed E-state index contributed by atoms with van der Waals surface area (Å²) in [5.74, 6) is -2.21. The van der Waals surface area contributed by atoms with Crippen molar-refractivity contribution in [2.45, 2.75) is 25.0 Å². The van der Waals surface area contributed by atoms with E-state index >= 15 is 0 Å². The third-order valence-corrected chi connectivity index (χ3v) is 4.88. The summed E-state index contributed by atoms with van der Waals surface area (Å²) in [6, 6.07) is 4.92. The number of sulfone groups is 1. The van der Waals surface area contributed by atoms with Crippen LogP contribution in [0.3, 0.4) is 0 Å². The Morgan fingerprint density at radius 2 is 2.00 bits per heavy atom. The van der Waals surface area contributed by atoms with Crippen LogP contribution in [0.25, 0.3) is 0 Å². The molecule has 0 spiro atoms. The Balaban J connectivity index is 2.89. The first-order valence-corrected chi connectivity index (χ1v) is 7.13. The molecule has 6 heteroatoms. The van der Waals surface area contributed by atoms with Gasteiger partial charge in [-0.1, -0.05) is 6.07 Å². The molecular formula is C12H13F2NO2S. The summed E-state index contributed by atoms with van der Waals surface area (Å²) in [4.78, 5) is 0. The number of unbranched alkanes of at least 4 members (excludes halogenated alkanes) is 1. The smallest absolute Gasteiger partial charge is 0.159 e. The summed E-state index contributed by atoms with van der Waals surface area (Å²) in [5.41, 5.74) is 0.214. The second kappa shape index (κ2) is 5.91. The van der Waals surface area contributed by atoms with E-state index in [9.17, 15) is 17.2 Å². The Labute approximate surface area is 105 Å². The van der Waals surface area contributed by atoms with Crippen molar-refractivity contribution in [1.29, 1.82) is 5.26 Å². The summed E-state index contributed by atoms with van der Waals surface area (Å²) >= 11 is 0. The summed E-state index contributed by atoms with van der Waals surface area (Å²) in [6.45, 7) is 1.42. The Bertz CT molecular complexity index is 564. The van der Waals surface area contributed by atoms with Crippen LogP contribution in [0.4, 0.5) is 8.78 Å². The molecule has 0 N–H and O–H groups in total. The van der Waals surface area contributed by atoms with E-state index in [0.717, 1.165) is 12.1 Å². The molecule has 0 radical (unpaired) electrons. The van der Waals surface area contributed by atoms with E-state index in [1.165, 1.54) is 13.0 Å². The third-order valence-electron chi connectivity index (χ3n) is 2.67. The van der Waals surface area contributed by atoms with Crippen LogP contribution in [0.1, 0.15) is 30.6 Å². The number of nitrogens with zero attached hydrogens (tertiary/aromatic N) is 1. The van der Waals surface area contributed by atoms with Crippen LogP contribution in [-0.4, -0.2) is 14.2 Å². The third kappa shape index (κ3) is 3.50. The summed E-state index contributed by atoms with van der Waals surface area (Å²) < 4.78 is 49.5. The van der Waals surface area contributed by atoms with E-state index in [4.69, 9.17) is 5.26 Å². The Morgan fingerprint density at radius 1 is 1.33 bits per heavy atom. The molecule has 0 bridgehead atoms. The van der Waals surface area contributed by atoms with Gasteiger partial charge in [0.2, 0.25) is 0 Å². The topological polar surface area (TPSA) is 57.9 Å². The number of rotatable bonds is 5. The van der Waals surface area contributed by atoms with Crippen molar-refractivity contribution < 1.29 is 17.2 Å². The van der Waals surface area contributed by atoms with Gasteiger partial charge in [-0.2, -0.15) is 5.26 Å². The molecule has 0 aliphatic heterocycles. The van der Waals surface area contributed by atoms with Gasteiger partial charge in [0.25, 0.3) is 0 Å². The van der Waals surface area contributed by atoms with Crippen LogP contribution in [-0.2, 0) is 9.84 Å². The molecule has 1 aromatic carbocycles. The molecular weight excluding hydrogens is 260 g/mol. The minimum Gasteiger partial charge on any atom is -0.228 e. The summed E-state index contributed by atoms with van der Waals surface area (Å²) in [7, 11) is -3.46. The van der Waals surface area contributed by atoms with Crippen molar-refractivity contribution in [1.82, 2.24) is 0 Å². The fourth-order valence-electron chi connectivity index (χ4n) is 1.50. The van der Waals surface area contributed by atoms with E-state index < -0.39 is 26.7 Å². The lowest BCUT2D eigenvalue weighted by atomic mass is 10.1. The first-order valence-electron chi connectivity index (χ1n) is 5.42. The molecule has 0 saturated heterocycles. The zero-order chi connectivity index (χ0) is 13.8. The van der Waals surface area contributed by atoms with Gasteiger partial charge in [-0.15, -0.1) is 0 Å². The van der Waals surface area contributed by atoms with Crippen molar-refractivity contribution >= 4 is 9.84 Å². The number of nitriles is 1. The lowest BCUT2D eigenvalue weighted by Crippen LogP contribution is -2.14. The minimum absolute atomic E-state index is 0.138. The van der Waals surface area contributed by atoms with Gasteiger partial charge in [0.15, 0.2) is 21.5 Å². The molecule has 18 heavy (non-hydrogen) atoms. The highest BCUT2D eigenvalue weighted by Gasteiger charge is 2.23. The van der Waals surface area contributed by atoms with E-state index in [1.807, 2.05) is 6.07 Å². The molecule has 0 saturated carbocycles. The van der Waals surface area contributed by atoms with Gasteiger partial charge < -0.3 is 0 Å². The van der Waals surface area contributed by atoms with Gasteiger partial charge in [0.05, 0.1) is 17.1 Å². The maximum absolute atomic E-state index is 13.0. The second-order valence-electron chi connectivity index (χ2n) is 3.94. The molecule has 1 rings (SSSR count). The van der Waals surface area contributed by atoms with Gasteiger partial charge in [-0.25, -0.2) is 17.2 Å². The molecule has 0 aliphatic carbocycles. The van der Waals surface area contributed by atoms with Gasteiger partial charge >= 0.3 is 0 Å². The Hall–Kier alpha value is -1.48. The molecule has 0 heterocycles. The predicted octanol–water partition coefficient (Wildman–Crippen LogP) is 2.74. The van der Waals surface area contributed by atoms with Crippen LogP contribution >= 0.6 is 0 Å². The molecule has 0 aromatic heterocycles. The lowest BCUT2D eigenvalue weighted by molar-refractivity contribution is 0.506. The minimum atomic E-state index is -3.46. The average Bonchev–Trinajstić information content (AvgIpc) is 2.32. The average molecular weight is 273 g/mol. The van der Waals surface area contributed by atoms with E-state index in [0.29, 0.717) is 0 Å². The number of hydrogen-bond acceptors (Lipinski definition) is 3. The predicted molar refractivity (Wildman–Crippen MR) is 63.4 cm³/mol. The summed E-state index contributed by atoms with van der Waals surface area (Å²) in [6.07, 6.45) is 0.399. The molecule has 0 unspecified atom stereocenters. The molecule has 1 atom stereocenters. The molecule has 3 nitrogen and oxygen atoms in total. The standard InChI is InChI=1S/C12H13F2NO2S/c1-9(18(16,17)7-3-2-6-15)10-4-5-11(13)12(14)8-10/h4-5,8-9H,2-3,7H2,1H3/t9-/m0/s1. The lowest BCUT2D eigenvalue weighted by Gasteiger charge is -2.13. The normalized spacial score (nSPS) is 13.0. The van der Waals surface area contributed by atoms with Crippen LogP contribution in [0, 0.1) is 23.0 Å². The number of benzene rings is 1. The highest BCUT2D eigenvalue weighted by Crippen LogP contribution is 2.24. The second-order valence-corrected chi connectivity index (χ2v) is 6.39. The Morgan fingerprint density at radius 3 is 2.56 bits per heavy atom. The summed E-state index contributed by atoms with van der Waals surface area (Å²) in [5, 5.41) is 7.44. The van der Waals surface area contributed by atoms with Gasteiger partial charge in [-0.05, 0) is 31.0 Å². The van der Waals surface area contributed by atoms with E-state index in [-0.39, 0.29) is 24.2 Å². The van der Waals surface area contributed by atoms with Gasteiger partial charge in [0.1, 0.15) is 0 Å². The molecule has 0 fully saturated rings. The van der Waals surface area contributed by atoms with Gasteiger partial charge in [-0.3, -0.25) is 0 Å². The van der Waals surface area contributed by atoms with Crippen LogP contribution in [0.2, 0.25) is 0 Å².